The van der Waals surface area contributed by atoms with E-state index in [4.69, 9.17) is 0 Å². The van der Waals surface area contributed by atoms with Gasteiger partial charge in [-0.05, 0) is 36.2 Å². The summed E-state index contributed by atoms with van der Waals surface area (Å²) in [5, 5.41) is 3.26. The van der Waals surface area contributed by atoms with Gasteiger partial charge in [-0.1, -0.05) is 24.3 Å². The molecule has 0 spiro atoms. The minimum Gasteiger partial charge on any atom is -0.381 e. The fraction of sp³-hybridized carbons (Fsp3) is 0.250. The van der Waals surface area contributed by atoms with E-state index in [-0.39, 0.29) is 17.8 Å². The van der Waals surface area contributed by atoms with E-state index in [1.807, 2.05) is 6.07 Å². The minimum absolute atomic E-state index is 0.148. The van der Waals surface area contributed by atoms with Gasteiger partial charge in [-0.15, -0.1) is 0 Å². The van der Waals surface area contributed by atoms with Gasteiger partial charge in [-0.2, -0.15) is 0 Å². The van der Waals surface area contributed by atoms with E-state index in [2.05, 4.69) is 5.32 Å². The Hall–Kier alpha value is -1.88. The predicted molar refractivity (Wildman–Crippen MR) is 80.7 cm³/mol. The quantitative estimate of drug-likeness (QED) is 0.943. The van der Waals surface area contributed by atoms with Crippen LogP contribution in [0.1, 0.15) is 17.9 Å². The molecule has 1 N–H and O–H groups in total. The molecule has 0 aromatic heterocycles. The van der Waals surface area contributed by atoms with Gasteiger partial charge in [0.2, 0.25) is 0 Å². The Morgan fingerprint density at radius 2 is 1.90 bits per heavy atom. The maximum Gasteiger partial charge on any atom is 0.177 e. The van der Waals surface area contributed by atoms with Gasteiger partial charge in [0.25, 0.3) is 0 Å². The van der Waals surface area contributed by atoms with Crippen LogP contribution in [-0.4, -0.2) is 20.7 Å². The molecule has 21 heavy (non-hydrogen) atoms. The van der Waals surface area contributed by atoms with Gasteiger partial charge in [-0.25, -0.2) is 12.8 Å². The van der Waals surface area contributed by atoms with Gasteiger partial charge in [-0.3, -0.25) is 0 Å². The molecule has 0 unspecified atom stereocenters. The van der Waals surface area contributed by atoms with Crippen LogP contribution < -0.4 is 5.32 Å². The third-order valence-electron chi connectivity index (χ3n) is 3.69. The number of nitrogens with one attached hydrogen (secondary N) is 1. The average molecular weight is 305 g/mol. The summed E-state index contributed by atoms with van der Waals surface area (Å²) in [4.78, 5) is 0.301. The van der Waals surface area contributed by atoms with Gasteiger partial charge in [0, 0.05) is 18.2 Å². The number of sulfone groups is 1. The summed E-state index contributed by atoms with van der Waals surface area (Å²) in [5.41, 5.74) is 1.56. The maximum absolute atomic E-state index is 13.2. The molecule has 1 aliphatic carbocycles. The first kappa shape index (κ1) is 14.1. The summed E-state index contributed by atoms with van der Waals surface area (Å²) >= 11 is 0. The molecule has 2 atom stereocenters. The second-order valence-electron chi connectivity index (χ2n) is 5.42. The first-order chi connectivity index (χ1) is 9.95. The van der Waals surface area contributed by atoms with Crippen molar-refractivity contribution in [2.45, 2.75) is 23.3 Å². The van der Waals surface area contributed by atoms with E-state index < -0.39 is 9.84 Å². The molecule has 0 amide bonds. The predicted octanol–water partition coefficient (Wildman–Crippen LogP) is 3.20. The van der Waals surface area contributed by atoms with E-state index in [9.17, 15) is 12.8 Å². The Balaban J connectivity index is 1.79. The molecule has 2 aromatic rings. The summed E-state index contributed by atoms with van der Waals surface area (Å²) in [6.45, 7) is 0. The molecule has 0 saturated heterocycles. The number of rotatable bonds is 4. The van der Waals surface area contributed by atoms with Crippen molar-refractivity contribution in [1.82, 2.24) is 0 Å². The Bertz CT molecular complexity index is 773. The molecule has 0 heterocycles. The van der Waals surface area contributed by atoms with Crippen molar-refractivity contribution in [3.63, 3.8) is 0 Å². The zero-order chi connectivity index (χ0) is 15.0. The number of benzene rings is 2. The fourth-order valence-corrected chi connectivity index (χ4v) is 3.42. The fourth-order valence-electron chi connectivity index (χ4n) is 2.57. The van der Waals surface area contributed by atoms with Gasteiger partial charge < -0.3 is 5.32 Å². The molecule has 3 rings (SSSR count). The van der Waals surface area contributed by atoms with Crippen LogP contribution in [0, 0.1) is 5.82 Å². The molecule has 0 bridgehead atoms. The Morgan fingerprint density at radius 3 is 2.62 bits per heavy atom. The Labute approximate surface area is 123 Å². The van der Waals surface area contributed by atoms with Crippen LogP contribution in [0.4, 0.5) is 10.1 Å². The number of hydrogen-bond acceptors (Lipinski definition) is 3. The largest absolute Gasteiger partial charge is 0.381 e. The molecule has 3 nitrogen and oxygen atoms in total. The van der Waals surface area contributed by atoms with Crippen molar-refractivity contribution in [3.8, 4) is 0 Å². The standard InChI is InChI=1S/C16H16FNO2S/c1-21(19,20)16-8-3-2-7-14(16)18-15-10-13(15)11-5-4-6-12(17)9-11/h2-9,13,15,18H,10H2,1H3/t13-,15+/m0/s1. The van der Waals surface area contributed by atoms with Crippen molar-refractivity contribution in [2.24, 2.45) is 0 Å². The first-order valence-corrected chi connectivity index (χ1v) is 8.65. The third-order valence-corrected chi connectivity index (χ3v) is 4.85. The summed E-state index contributed by atoms with van der Waals surface area (Å²) < 4.78 is 36.8. The van der Waals surface area contributed by atoms with Crippen molar-refractivity contribution >= 4 is 15.5 Å². The van der Waals surface area contributed by atoms with Crippen LogP contribution in [0.25, 0.3) is 0 Å². The van der Waals surface area contributed by atoms with Gasteiger partial charge in [0.05, 0.1) is 10.6 Å². The molecule has 0 aliphatic heterocycles. The highest BCUT2D eigenvalue weighted by Crippen LogP contribution is 2.43. The van der Waals surface area contributed by atoms with E-state index in [1.165, 1.54) is 18.4 Å². The highest BCUT2D eigenvalue weighted by atomic mass is 32.2. The summed E-state index contributed by atoms with van der Waals surface area (Å²) in [5.74, 6) is -0.0111. The van der Waals surface area contributed by atoms with Crippen LogP contribution in [0.2, 0.25) is 0 Å². The third kappa shape index (κ3) is 3.08. The Morgan fingerprint density at radius 1 is 1.14 bits per heavy atom. The van der Waals surface area contributed by atoms with E-state index in [0.717, 1.165) is 12.0 Å². The zero-order valence-electron chi connectivity index (χ0n) is 11.6. The number of hydrogen-bond donors (Lipinski definition) is 1. The summed E-state index contributed by atoms with van der Waals surface area (Å²) in [6, 6.07) is 13.6. The molecule has 110 valence electrons. The molecule has 1 fully saturated rings. The summed E-state index contributed by atoms with van der Waals surface area (Å²) in [6.07, 6.45) is 2.08. The van der Waals surface area contributed by atoms with E-state index in [0.29, 0.717) is 10.6 Å². The molecular weight excluding hydrogens is 289 g/mol. The zero-order valence-corrected chi connectivity index (χ0v) is 12.4. The lowest BCUT2D eigenvalue weighted by Gasteiger charge is -2.10. The second-order valence-corrected chi connectivity index (χ2v) is 7.40. The van der Waals surface area contributed by atoms with Crippen molar-refractivity contribution in [3.05, 3.63) is 59.9 Å². The van der Waals surface area contributed by atoms with E-state index >= 15 is 0 Å². The van der Waals surface area contributed by atoms with Crippen LogP contribution in [-0.2, 0) is 9.84 Å². The number of halogens is 1. The van der Waals surface area contributed by atoms with Gasteiger partial charge in [0.15, 0.2) is 9.84 Å². The molecular formula is C16H16FNO2S. The normalized spacial score (nSPS) is 21.0. The van der Waals surface area contributed by atoms with Gasteiger partial charge in [0.1, 0.15) is 5.82 Å². The molecule has 1 saturated carbocycles. The highest BCUT2D eigenvalue weighted by Gasteiger charge is 2.39. The molecule has 0 radical (unpaired) electrons. The first-order valence-electron chi connectivity index (χ1n) is 6.76. The second kappa shape index (κ2) is 5.15. The lowest BCUT2D eigenvalue weighted by molar-refractivity contribution is 0.602. The van der Waals surface area contributed by atoms with Crippen molar-refractivity contribution < 1.29 is 12.8 Å². The lowest BCUT2D eigenvalue weighted by atomic mass is 10.1. The molecule has 5 heteroatoms. The summed E-state index contributed by atoms with van der Waals surface area (Å²) in [7, 11) is -3.26. The smallest absolute Gasteiger partial charge is 0.177 e. The maximum atomic E-state index is 13.2. The SMILES string of the molecule is CS(=O)(=O)c1ccccc1N[C@@H]1C[C@H]1c1cccc(F)c1. The van der Waals surface area contributed by atoms with Crippen LogP contribution >= 0.6 is 0 Å². The van der Waals surface area contributed by atoms with Crippen molar-refractivity contribution in [1.29, 1.82) is 0 Å². The number of para-hydroxylation sites is 1. The van der Waals surface area contributed by atoms with E-state index in [1.54, 1.807) is 30.3 Å². The Kier molecular flexibility index (Phi) is 3.45. The van der Waals surface area contributed by atoms with Crippen LogP contribution in [0.3, 0.4) is 0 Å². The molecule has 1 aliphatic rings. The molecule has 2 aromatic carbocycles. The van der Waals surface area contributed by atoms with Crippen molar-refractivity contribution in [2.75, 3.05) is 11.6 Å². The average Bonchev–Trinajstić information content (AvgIpc) is 3.17. The van der Waals surface area contributed by atoms with Crippen LogP contribution in [0.5, 0.6) is 0 Å². The van der Waals surface area contributed by atoms with Gasteiger partial charge >= 0.3 is 0 Å². The lowest BCUT2D eigenvalue weighted by Crippen LogP contribution is -2.09. The number of anilines is 1. The minimum atomic E-state index is -3.26. The topological polar surface area (TPSA) is 46.2 Å². The highest BCUT2D eigenvalue weighted by molar-refractivity contribution is 7.90. The monoisotopic (exact) mass is 305 g/mol. The van der Waals surface area contributed by atoms with Crippen LogP contribution in [0.15, 0.2) is 53.4 Å².